The van der Waals surface area contributed by atoms with Gasteiger partial charge < -0.3 is 4.74 Å². The molecule has 1 aliphatic rings. The number of hydrogen-bond acceptors (Lipinski definition) is 5. The van der Waals surface area contributed by atoms with Crippen LogP contribution in [0.25, 0.3) is 10.9 Å². The van der Waals surface area contributed by atoms with Crippen molar-refractivity contribution in [1.82, 2.24) is 8.87 Å². The van der Waals surface area contributed by atoms with Crippen molar-refractivity contribution >= 4 is 44.4 Å². The van der Waals surface area contributed by atoms with E-state index < -0.39 is 21.9 Å². The second kappa shape index (κ2) is 8.45. The van der Waals surface area contributed by atoms with Crippen LogP contribution in [0.3, 0.4) is 0 Å². The summed E-state index contributed by atoms with van der Waals surface area (Å²) >= 11 is 5.87. The first-order valence-corrected chi connectivity index (χ1v) is 11.6. The van der Waals surface area contributed by atoms with E-state index in [4.69, 9.17) is 16.3 Å². The third kappa shape index (κ3) is 3.98. The van der Waals surface area contributed by atoms with Gasteiger partial charge in [-0.2, -0.15) is 4.31 Å². The molecule has 3 aromatic rings. The number of esters is 1. The molecule has 4 rings (SSSR count). The molecule has 0 saturated carbocycles. The van der Waals surface area contributed by atoms with Crippen LogP contribution in [0, 0.1) is 5.92 Å². The molecule has 1 fully saturated rings. The molecule has 1 atom stereocenters. The van der Waals surface area contributed by atoms with Gasteiger partial charge in [-0.1, -0.05) is 29.8 Å². The molecule has 0 spiro atoms. The van der Waals surface area contributed by atoms with Crippen molar-refractivity contribution in [3.63, 3.8) is 0 Å². The summed E-state index contributed by atoms with van der Waals surface area (Å²) in [5, 5.41) is 1.07. The summed E-state index contributed by atoms with van der Waals surface area (Å²) < 4.78 is 33.7. The minimum Gasteiger partial charge on any atom is -0.465 e. The van der Waals surface area contributed by atoms with Gasteiger partial charge in [-0.05, 0) is 43.2 Å². The Morgan fingerprint density at radius 2 is 1.81 bits per heavy atom. The first kappa shape index (κ1) is 21.5. The van der Waals surface area contributed by atoms with E-state index in [0.29, 0.717) is 40.9 Å². The Balaban J connectivity index is 1.64. The number of para-hydroxylation sites is 1. The highest BCUT2D eigenvalue weighted by Gasteiger charge is 2.34. The highest BCUT2D eigenvalue weighted by Crippen LogP contribution is 2.28. The lowest BCUT2D eigenvalue weighted by molar-refractivity contribution is 0.0603. The minimum absolute atomic E-state index is 0.0733. The number of halogens is 1. The molecule has 31 heavy (non-hydrogen) atoms. The second-order valence-corrected chi connectivity index (χ2v) is 9.79. The van der Waals surface area contributed by atoms with Crippen molar-refractivity contribution in [3.05, 3.63) is 65.3 Å². The average Bonchev–Trinajstić information content (AvgIpc) is 3.18. The van der Waals surface area contributed by atoms with E-state index in [1.54, 1.807) is 24.3 Å². The molecular weight excluding hydrogens is 440 g/mol. The fraction of sp³-hybridized carbons (Fsp3) is 0.273. The molecule has 0 N–H and O–H groups in total. The molecule has 1 saturated heterocycles. The predicted octanol–water partition coefficient (Wildman–Crippen LogP) is 3.82. The first-order chi connectivity index (χ1) is 14.8. The van der Waals surface area contributed by atoms with Gasteiger partial charge in [0, 0.05) is 29.7 Å². The summed E-state index contributed by atoms with van der Waals surface area (Å²) in [5.74, 6) is -1.31. The van der Waals surface area contributed by atoms with Crippen LogP contribution >= 0.6 is 11.6 Å². The summed E-state index contributed by atoms with van der Waals surface area (Å²) in [6.07, 6.45) is 2.60. The molecule has 1 aliphatic heterocycles. The predicted molar refractivity (Wildman–Crippen MR) is 117 cm³/mol. The third-order valence-electron chi connectivity index (χ3n) is 5.54. The van der Waals surface area contributed by atoms with Crippen LogP contribution in [0.4, 0.5) is 0 Å². The number of benzene rings is 2. The largest absolute Gasteiger partial charge is 0.465 e. The van der Waals surface area contributed by atoms with Gasteiger partial charge in [0.25, 0.3) is 0 Å². The number of carbonyl (C=O) groups excluding carboxylic acids is 2. The Kier molecular flexibility index (Phi) is 5.88. The molecule has 2 aromatic carbocycles. The van der Waals surface area contributed by atoms with Crippen molar-refractivity contribution in [2.75, 3.05) is 20.2 Å². The Bertz CT molecular complexity index is 1250. The van der Waals surface area contributed by atoms with E-state index in [-0.39, 0.29) is 17.3 Å². The minimum atomic E-state index is -3.74. The molecule has 0 aliphatic carbocycles. The number of piperidine rings is 1. The Labute approximate surface area is 185 Å². The lowest BCUT2D eigenvalue weighted by Crippen LogP contribution is -2.43. The van der Waals surface area contributed by atoms with Crippen molar-refractivity contribution < 1.29 is 22.7 Å². The number of sulfonamides is 1. The zero-order valence-electron chi connectivity index (χ0n) is 16.8. The van der Waals surface area contributed by atoms with Crippen LogP contribution in [0.2, 0.25) is 5.02 Å². The van der Waals surface area contributed by atoms with Crippen LogP contribution in [-0.4, -0.2) is 49.4 Å². The standard InChI is InChI=1S/C22H21ClN2O5S/c1-30-22(27)19-14-25(20-7-3-2-6-18(19)20)21(26)15-5-4-12-24(13-15)31(28,29)17-10-8-16(23)9-11-17/h2-3,6-11,14-15H,4-5,12-13H2,1H3/t15-/m0/s1. The smallest absolute Gasteiger partial charge is 0.340 e. The van der Waals surface area contributed by atoms with E-state index in [2.05, 4.69) is 0 Å². The SMILES string of the molecule is COC(=O)c1cn(C(=O)[C@H]2CCCN(S(=O)(=O)c3ccc(Cl)cc3)C2)c2ccccc12. The van der Waals surface area contributed by atoms with E-state index in [9.17, 15) is 18.0 Å². The summed E-state index contributed by atoms with van der Waals surface area (Å²) in [6, 6.07) is 13.1. The fourth-order valence-electron chi connectivity index (χ4n) is 3.95. The van der Waals surface area contributed by atoms with E-state index in [1.165, 1.54) is 46.4 Å². The highest BCUT2D eigenvalue weighted by atomic mass is 35.5. The summed E-state index contributed by atoms with van der Waals surface area (Å²) in [7, 11) is -2.45. The van der Waals surface area contributed by atoms with Gasteiger partial charge in [0.1, 0.15) is 0 Å². The topological polar surface area (TPSA) is 85.7 Å². The van der Waals surface area contributed by atoms with Crippen LogP contribution in [0.1, 0.15) is 28.0 Å². The number of fused-ring (bicyclic) bond motifs is 1. The molecule has 7 nitrogen and oxygen atoms in total. The summed E-state index contributed by atoms with van der Waals surface area (Å²) in [6.45, 7) is 0.415. The lowest BCUT2D eigenvalue weighted by atomic mass is 9.98. The van der Waals surface area contributed by atoms with Gasteiger partial charge >= 0.3 is 5.97 Å². The second-order valence-electron chi connectivity index (χ2n) is 7.42. The van der Waals surface area contributed by atoms with Gasteiger partial charge in [0.15, 0.2) is 0 Å². The number of rotatable bonds is 4. The number of aromatic nitrogens is 1. The monoisotopic (exact) mass is 460 g/mol. The van der Waals surface area contributed by atoms with Crippen LogP contribution in [-0.2, 0) is 14.8 Å². The summed E-state index contributed by atoms with van der Waals surface area (Å²) in [4.78, 5) is 25.7. The average molecular weight is 461 g/mol. The molecule has 0 bridgehead atoms. The lowest BCUT2D eigenvalue weighted by Gasteiger charge is -2.31. The number of nitrogens with zero attached hydrogens (tertiary/aromatic N) is 2. The zero-order chi connectivity index (χ0) is 22.2. The van der Waals surface area contributed by atoms with Gasteiger partial charge in [-0.3, -0.25) is 9.36 Å². The molecule has 9 heteroatoms. The Hall–Kier alpha value is -2.68. The Morgan fingerprint density at radius 3 is 2.52 bits per heavy atom. The molecular formula is C22H21ClN2O5S. The van der Waals surface area contributed by atoms with Crippen LogP contribution in [0.5, 0.6) is 0 Å². The molecule has 0 radical (unpaired) electrons. The van der Waals surface area contributed by atoms with Crippen molar-refractivity contribution in [2.45, 2.75) is 17.7 Å². The molecule has 0 unspecified atom stereocenters. The van der Waals surface area contributed by atoms with E-state index in [1.807, 2.05) is 0 Å². The summed E-state index contributed by atoms with van der Waals surface area (Å²) in [5.41, 5.74) is 0.887. The molecule has 0 amide bonds. The highest BCUT2D eigenvalue weighted by molar-refractivity contribution is 7.89. The maximum absolute atomic E-state index is 13.4. The van der Waals surface area contributed by atoms with Gasteiger partial charge in [0.2, 0.25) is 15.9 Å². The first-order valence-electron chi connectivity index (χ1n) is 9.81. The maximum atomic E-state index is 13.4. The number of hydrogen-bond donors (Lipinski definition) is 0. The van der Waals surface area contributed by atoms with E-state index in [0.717, 1.165) is 0 Å². The van der Waals surface area contributed by atoms with Gasteiger partial charge in [-0.15, -0.1) is 0 Å². The van der Waals surface area contributed by atoms with Crippen LogP contribution in [0.15, 0.2) is 59.6 Å². The van der Waals surface area contributed by atoms with Crippen molar-refractivity contribution in [1.29, 1.82) is 0 Å². The third-order valence-corrected chi connectivity index (χ3v) is 7.67. The number of ether oxygens (including phenoxy) is 1. The number of methoxy groups -OCH3 is 1. The molecule has 162 valence electrons. The molecule has 1 aromatic heterocycles. The Morgan fingerprint density at radius 1 is 1.10 bits per heavy atom. The fourth-order valence-corrected chi connectivity index (χ4v) is 5.60. The maximum Gasteiger partial charge on any atom is 0.340 e. The van der Waals surface area contributed by atoms with E-state index >= 15 is 0 Å². The normalized spacial score (nSPS) is 17.5. The van der Waals surface area contributed by atoms with Gasteiger partial charge in [0.05, 0.1) is 29.0 Å². The van der Waals surface area contributed by atoms with Crippen molar-refractivity contribution in [2.24, 2.45) is 5.92 Å². The van der Waals surface area contributed by atoms with Crippen LogP contribution < -0.4 is 0 Å². The van der Waals surface area contributed by atoms with Gasteiger partial charge in [-0.25, -0.2) is 13.2 Å². The molecule has 2 heterocycles. The van der Waals surface area contributed by atoms with Crippen molar-refractivity contribution in [3.8, 4) is 0 Å². The zero-order valence-corrected chi connectivity index (χ0v) is 18.4. The quantitative estimate of drug-likeness (QED) is 0.552. The number of carbonyl (C=O) groups is 2.